The Balaban J connectivity index is 2.23. The molecule has 1 saturated carbocycles. The molecule has 0 heterocycles. The van der Waals surface area contributed by atoms with Crippen LogP contribution in [0.3, 0.4) is 0 Å². The van der Waals surface area contributed by atoms with Gasteiger partial charge in [-0.3, -0.25) is 4.90 Å². The van der Waals surface area contributed by atoms with Gasteiger partial charge in [0.05, 0.1) is 6.61 Å². The third kappa shape index (κ3) is 5.36. The van der Waals surface area contributed by atoms with Crippen LogP contribution in [-0.4, -0.2) is 49.8 Å². The van der Waals surface area contributed by atoms with Crippen molar-refractivity contribution in [1.29, 1.82) is 0 Å². The normalized spacial score (nSPS) is 24.7. The Kier molecular flexibility index (Phi) is 7.82. The molecule has 3 nitrogen and oxygen atoms in total. The summed E-state index contributed by atoms with van der Waals surface area (Å²) >= 11 is 0. The minimum atomic E-state index is 0.751. The van der Waals surface area contributed by atoms with E-state index in [1.54, 1.807) is 0 Å². The topological polar surface area (TPSA) is 24.5 Å². The van der Waals surface area contributed by atoms with E-state index in [0.717, 1.165) is 38.4 Å². The van der Waals surface area contributed by atoms with Crippen molar-refractivity contribution in [2.75, 3.05) is 32.8 Å². The molecule has 1 aliphatic rings. The van der Waals surface area contributed by atoms with E-state index in [-0.39, 0.29) is 0 Å². The van der Waals surface area contributed by atoms with Crippen LogP contribution in [0.2, 0.25) is 0 Å². The molecule has 0 bridgehead atoms. The number of ether oxygens (including phenoxy) is 1. The van der Waals surface area contributed by atoms with E-state index >= 15 is 0 Å². The van der Waals surface area contributed by atoms with Gasteiger partial charge in [0.2, 0.25) is 0 Å². The Bertz CT molecular complexity index is 187. The molecule has 0 amide bonds. The summed E-state index contributed by atoms with van der Waals surface area (Å²) in [6, 6.07) is 1.52. The highest BCUT2D eigenvalue weighted by Crippen LogP contribution is 2.24. The third-order valence-electron chi connectivity index (χ3n) is 3.74. The van der Waals surface area contributed by atoms with Crippen molar-refractivity contribution in [1.82, 2.24) is 10.2 Å². The number of likely N-dealkylation sites (N-methyl/N-ethyl adjacent to an activating group) is 1. The lowest BCUT2D eigenvalue weighted by molar-refractivity contribution is 0.0971. The second-order valence-electron chi connectivity index (χ2n) is 4.94. The first-order valence-electron chi connectivity index (χ1n) is 7.36. The molecule has 3 heteroatoms. The molecule has 0 aromatic carbocycles. The van der Waals surface area contributed by atoms with Crippen LogP contribution in [0.4, 0.5) is 0 Å². The molecule has 2 unspecified atom stereocenters. The summed E-state index contributed by atoms with van der Waals surface area (Å²) in [5.74, 6) is 0. The Hall–Kier alpha value is -0.120. The lowest BCUT2D eigenvalue weighted by atomic mass is 10.2. The fourth-order valence-corrected chi connectivity index (χ4v) is 2.75. The summed E-state index contributed by atoms with van der Waals surface area (Å²) in [5.41, 5.74) is 0. The molecule has 1 aliphatic carbocycles. The van der Waals surface area contributed by atoms with E-state index in [1.165, 1.54) is 32.2 Å². The molecule has 0 aromatic heterocycles. The minimum absolute atomic E-state index is 0.751. The van der Waals surface area contributed by atoms with Crippen molar-refractivity contribution in [3.05, 3.63) is 0 Å². The monoisotopic (exact) mass is 242 g/mol. The van der Waals surface area contributed by atoms with Crippen LogP contribution < -0.4 is 5.32 Å². The Morgan fingerprint density at radius 1 is 1.24 bits per heavy atom. The summed E-state index contributed by atoms with van der Waals surface area (Å²) in [4.78, 5) is 2.59. The van der Waals surface area contributed by atoms with Crippen LogP contribution in [0.25, 0.3) is 0 Å². The number of hydrogen-bond donors (Lipinski definition) is 1. The maximum atomic E-state index is 5.46. The molecule has 0 aliphatic heterocycles. The maximum Gasteiger partial charge on any atom is 0.0593 e. The smallest absolute Gasteiger partial charge is 0.0593 e. The second-order valence-corrected chi connectivity index (χ2v) is 4.94. The zero-order valence-electron chi connectivity index (χ0n) is 11.9. The van der Waals surface area contributed by atoms with Crippen LogP contribution in [-0.2, 0) is 4.74 Å². The molecular weight excluding hydrogens is 212 g/mol. The van der Waals surface area contributed by atoms with Gasteiger partial charge in [-0.25, -0.2) is 0 Å². The minimum Gasteiger partial charge on any atom is -0.380 e. The first kappa shape index (κ1) is 14.9. The molecule has 102 valence electrons. The molecule has 0 spiro atoms. The van der Waals surface area contributed by atoms with Gasteiger partial charge in [-0.2, -0.15) is 0 Å². The summed E-state index contributed by atoms with van der Waals surface area (Å²) in [6.07, 6.45) is 5.25. The van der Waals surface area contributed by atoms with Gasteiger partial charge in [-0.05, 0) is 45.7 Å². The van der Waals surface area contributed by atoms with Gasteiger partial charge in [0.15, 0.2) is 0 Å². The molecular formula is C14H30N2O. The summed E-state index contributed by atoms with van der Waals surface area (Å²) in [7, 11) is 0. The molecule has 17 heavy (non-hydrogen) atoms. The molecule has 1 fully saturated rings. The molecule has 0 aromatic rings. The Labute approximate surface area is 107 Å². The van der Waals surface area contributed by atoms with Gasteiger partial charge >= 0.3 is 0 Å². The highest BCUT2D eigenvalue weighted by Gasteiger charge is 2.27. The van der Waals surface area contributed by atoms with Crippen LogP contribution in [0.5, 0.6) is 0 Å². The molecule has 0 radical (unpaired) electrons. The van der Waals surface area contributed by atoms with E-state index in [1.807, 2.05) is 0 Å². The van der Waals surface area contributed by atoms with Crippen molar-refractivity contribution in [3.8, 4) is 0 Å². The van der Waals surface area contributed by atoms with Crippen molar-refractivity contribution >= 4 is 0 Å². The first-order valence-corrected chi connectivity index (χ1v) is 7.36. The largest absolute Gasteiger partial charge is 0.380 e. The summed E-state index contributed by atoms with van der Waals surface area (Å²) in [5, 5.41) is 3.65. The van der Waals surface area contributed by atoms with Crippen molar-refractivity contribution in [2.45, 2.75) is 58.5 Å². The zero-order chi connectivity index (χ0) is 12.5. The predicted molar refractivity (Wildman–Crippen MR) is 73.5 cm³/mol. The highest BCUT2D eigenvalue weighted by atomic mass is 16.5. The van der Waals surface area contributed by atoms with Gasteiger partial charge in [-0.15, -0.1) is 0 Å². The lowest BCUT2D eigenvalue weighted by Gasteiger charge is -2.27. The fraction of sp³-hybridized carbons (Fsp3) is 1.00. The molecule has 0 saturated heterocycles. The Morgan fingerprint density at radius 2 is 2.06 bits per heavy atom. The average molecular weight is 242 g/mol. The van der Waals surface area contributed by atoms with Crippen LogP contribution in [0, 0.1) is 0 Å². The van der Waals surface area contributed by atoms with Crippen molar-refractivity contribution in [3.63, 3.8) is 0 Å². The summed E-state index contributed by atoms with van der Waals surface area (Å²) < 4.78 is 5.46. The van der Waals surface area contributed by atoms with Crippen LogP contribution >= 0.6 is 0 Å². The van der Waals surface area contributed by atoms with Gasteiger partial charge in [0.1, 0.15) is 0 Å². The van der Waals surface area contributed by atoms with Gasteiger partial charge < -0.3 is 10.1 Å². The van der Waals surface area contributed by atoms with Crippen molar-refractivity contribution < 1.29 is 4.74 Å². The van der Waals surface area contributed by atoms with Crippen molar-refractivity contribution in [2.24, 2.45) is 0 Å². The molecule has 1 rings (SSSR count). The third-order valence-corrected chi connectivity index (χ3v) is 3.74. The SMILES string of the molecule is CCCNC1CCC(N(CC)CCOCC)C1. The van der Waals surface area contributed by atoms with E-state index in [9.17, 15) is 0 Å². The van der Waals surface area contributed by atoms with E-state index < -0.39 is 0 Å². The van der Waals surface area contributed by atoms with Gasteiger partial charge in [0, 0.05) is 25.2 Å². The summed E-state index contributed by atoms with van der Waals surface area (Å²) in [6.45, 7) is 11.7. The second kappa shape index (κ2) is 8.90. The van der Waals surface area contributed by atoms with E-state index in [0.29, 0.717) is 0 Å². The first-order chi connectivity index (χ1) is 8.31. The number of rotatable bonds is 9. The quantitative estimate of drug-likeness (QED) is 0.628. The van der Waals surface area contributed by atoms with Crippen LogP contribution in [0.15, 0.2) is 0 Å². The predicted octanol–water partition coefficient (Wildman–Crippen LogP) is 2.27. The van der Waals surface area contributed by atoms with Crippen LogP contribution in [0.1, 0.15) is 46.5 Å². The lowest BCUT2D eigenvalue weighted by Crippen LogP contribution is -2.37. The standard InChI is InChI=1S/C14H30N2O/c1-4-9-15-13-7-8-14(12-13)16(5-2)10-11-17-6-3/h13-15H,4-12H2,1-3H3. The highest BCUT2D eigenvalue weighted by molar-refractivity contribution is 4.86. The Morgan fingerprint density at radius 3 is 2.71 bits per heavy atom. The zero-order valence-corrected chi connectivity index (χ0v) is 11.9. The fourth-order valence-electron chi connectivity index (χ4n) is 2.75. The van der Waals surface area contributed by atoms with Gasteiger partial charge in [0.25, 0.3) is 0 Å². The number of nitrogens with one attached hydrogen (secondary N) is 1. The molecule has 2 atom stereocenters. The number of hydrogen-bond acceptors (Lipinski definition) is 3. The van der Waals surface area contributed by atoms with E-state index in [2.05, 4.69) is 31.0 Å². The maximum absolute atomic E-state index is 5.46. The average Bonchev–Trinajstić information content (AvgIpc) is 2.81. The number of nitrogens with zero attached hydrogens (tertiary/aromatic N) is 1. The molecule has 1 N–H and O–H groups in total. The van der Waals surface area contributed by atoms with Gasteiger partial charge in [-0.1, -0.05) is 13.8 Å². The van der Waals surface area contributed by atoms with E-state index in [4.69, 9.17) is 4.74 Å².